The quantitative estimate of drug-likeness (QED) is 0.760. The number of fused-ring (bicyclic) bond motifs is 1. The summed E-state index contributed by atoms with van der Waals surface area (Å²) in [5.41, 5.74) is 3.66. The highest BCUT2D eigenvalue weighted by molar-refractivity contribution is 7.09. The van der Waals surface area contributed by atoms with Crippen molar-refractivity contribution in [3.05, 3.63) is 46.3 Å². The molecule has 0 aliphatic carbocycles. The monoisotopic (exact) mass is 326 g/mol. The molecule has 120 valence electrons. The smallest absolute Gasteiger partial charge is 0.127 e. The predicted molar refractivity (Wildman–Crippen MR) is 97.2 cm³/mol. The molecule has 0 spiro atoms. The van der Waals surface area contributed by atoms with Gasteiger partial charge in [0, 0.05) is 11.1 Å². The maximum absolute atomic E-state index is 4.88. The summed E-state index contributed by atoms with van der Waals surface area (Å²) in [6.07, 6.45) is 4.60. The van der Waals surface area contributed by atoms with E-state index in [9.17, 15) is 0 Å². The van der Waals surface area contributed by atoms with Gasteiger partial charge in [0.1, 0.15) is 5.82 Å². The molecular weight excluding hydrogens is 304 g/mol. The number of H-pyrrole nitrogens is 1. The van der Waals surface area contributed by atoms with E-state index in [2.05, 4.69) is 58.1 Å². The highest BCUT2D eigenvalue weighted by atomic mass is 32.1. The van der Waals surface area contributed by atoms with Gasteiger partial charge in [-0.1, -0.05) is 6.07 Å². The number of hydrogen-bond donors (Lipinski definition) is 2. The van der Waals surface area contributed by atoms with Crippen molar-refractivity contribution >= 4 is 28.2 Å². The van der Waals surface area contributed by atoms with Gasteiger partial charge in [0.05, 0.1) is 17.6 Å². The molecule has 0 amide bonds. The van der Waals surface area contributed by atoms with Gasteiger partial charge in [-0.05, 0) is 68.0 Å². The number of likely N-dealkylation sites (tertiary alicyclic amines) is 1. The summed E-state index contributed by atoms with van der Waals surface area (Å²) in [6.45, 7) is 3.19. The van der Waals surface area contributed by atoms with Crippen LogP contribution in [0.3, 0.4) is 0 Å². The normalized spacial score (nSPS) is 16.9. The van der Waals surface area contributed by atoms with Gasteiger partial charge < -0.3 is 15.2 Å². The lowest BCUT2D eigenvalue weighted by molar-refractivity contribution is 0.256. The van der Waals surface area contributed by atoms with Crippen molar-refractivity contribution in [2.24, 2.45) is 0 Å². The second kappa shape index (κ2) is 6.34. The minimum Gasteiger partial charge on any atom is -0.365 e. The molecule has 0 saturated carbocycles. The average molecular weight is 326 g/mol. The van der Waals surface area contributed by atoms with Crippen molar-refractivity contribution < 1.29 is 0 Å². The fraction of sp³-hybridized carbons (Fsp3) is 0.389. The summed E-state index contributed by atoms with van der Waals surface area (Å²) in [4.78, 5) is 12.0. The molecule has 4 heterocycles. The second-order valence-corrected chi connectivity index (χ2v) is 7.38. The van der Waals surface area contributed by atoms with Gasteiger partial charge in [0.2, 0.25) is 0 Å². The highest BCUT2D eigenvalue weighted by Gasteiger charge is 2.21. The predicted octanol–water partition coefficient (Wildman–Crippen LogP) is 4.05. The Balaban J connectivity index is 1.56. The fourth-order valence-corrected chi connectivity index (χ4v) is 3.98. The largest absolute Gasteiger partial charge is 0.365 e. The first kappa shape index (κ1) is 14.7. The average Bonchev–Trinajstić information content (AvgIpc) is 3.23. The van der Waals surface area contributed by atoms with Crippen LogP contribution in [0.4, 0.5) is 5.82 Å². The topological polar surface area (TPSA) is 44.0 Å². The summed E-state index contributed by atoms with van der Waals surface area (Å²) in [5.74, 6) is 1.58. The molecule has 1 fully saturated rings. The number of nitrogens with one attached hydrogen (secondary N) is 2. The van der Waals surface area contributed by atoms with Gasteiger partial charge in [0.15, 0.2) is 0 Å². The molecular formula is C18H22N4S. The van der Waals surface area contributed by atoms with Crippen LogP contribution < -0.4 is 5.32 Å². The van der Waals surface area contributed by atoms with Gasteiger partial charge >= 0.3 is 0 Å². The minimum absolute atomic E-state index is 0.625. The van der Waals surface area contributed by atoms with E-state index >= 15 is 0 Å². The standard InChI is InChI=1S/C18H22N4S/c1-22-8-6-13(7-9-22)15-12-19-16-4-5-17(21-18(15)16)20-11-14-3-2-10-23-14/h2-5,10,12-13,19H,6-9,11H2,1H3,(H,20,21). The zero-order valence-corrected chi connectivity index (χ0v) is 14.2. The molecule has 23 heavy (non-hydrogen) atoms. The number of aromatic amines is 1. The molecule has 4 rings (SSSR count). The van der Waals surface area contributed by atoms with E-state index in [1.807, 2.05) is 0 Å². The SMILES string of the molecule is CN1CCC(c2c[nH]c3ccc(NCc4cccs4)nc23)CC1. The number of pyridine rings is 1. The van der Waals surface area contributed by atoms with Gasteiger partial charge in [-0.15, -0.1) is 11.3 Å². The minimum atomic E-state index is 0.625. The van der Waals surface area contributed by atoms with E-state index in [0.29, 0.717) is 5.92 Å². The lowest BCUT2D eigenvalue weighted by Gasteiger charge is -2.28. The molecule has 1 saturated heterocycles. The molecule has 0 unspecified atom stereocenters. The molecule has 5 heteroatoms. The van der Waals surface area contributed by atoms with E-state index in [0.717, 1.165) is 23.4 Å². The van der Waals surface area contributed by atoms with Crippen LogP contribution in [0.5, 0.6) is 0 Å². The summed E-state index contributed by atoms with van der Waals surface area (Å²) in [7, 11) is 2.20. The van der Waals surface area contributed by atoms with Crippen molar-refractivity contribution in [3.63, 3.8) is 0 Å². The maximum Gasteiger partial charge on any atom is 0.127 e. The fourth-order valence-electron chi connectivity index (χ4n) is 3.34. The van der Waals surface area contributed by atoms with Crippen LogP contribution in [0.15, 0.2) is 35.8 Å². The lowest BCUT2D eigenvalue weighted by atomic mass is 9.91. The van der Waals surface area contributed by atoms with E-state index < -0.39 is 0 Å². The number of anilines is 1. The van der Waals surface area contributed by atoms with Crippen LogP contribution in [0, 0.1) is 0 Å². The molecule has 0 atom stereocenters. The summed E-state index contributed by atoms with van der Waals surface area (Å²) < 4.78 is 0. The van der Waals surface area contributed by atoms with Crippen LogP contribution in [0.2, 0.25) is 0 Å². The molecule has 4 nitrogen and oxygen atoms in total. The Hall–Kier alpha value is -1.85. The van der Waals surface area contributed by atoms with Crippen LogP contribution >= 0.6 is 11.3 Å². The van der Waals surface area contributed by atoms with Gasteiger partial charge in [0.25, 0.3) is 0 Å². The number of nitrogens with zero attached hydrogens (tertiary/aromatic N) is 2. The number of thiophene rings is 1. The zero-order valence-electron chi connectivity index (χ0n) is 13.4. The van der Waals surface area contributed by atoms with Crippen molar-refractivity contribution in [3.8, 4) is 0 Å². The van der Waals surface area contributed by atoms with Crippen LogP contribution in [0.25, 0.3) is 11.0 Å². The van der Waals surface area contributed by atoms with Gasteiger partial charge in [-0.2, -0.15) is 0 Å². The van der Waals surface area contributed by atoms with Crippen molar-refractivity contribution in [2.45, 2.75) is 25.3 Å². The lowest BCUT2D eigenvalue weighted by Crippen LogP contribution is -2.29. The van der Waals surface area contributed by atoms with Crippen molar-refractivity contribution in [1.82, 2.24) is 14.9 Å². The number of hydrogen-bond acceptors (Lipinski definition) is 4. The third-order valence-electron chi connectivity index (χ3n) is 4.73. The van der Waals surface area contributed by atoms with E-state index in [4.69, 9.17) is 4.98 Å². The van der Waals surface area contributed by atoms with E-state index in [1.165, 1.54) is 36.4 Å². The van der Waals surface area contributed by atoms with Crippen LogP contribution in [-0.4, -0.2) is 35.0 Å². The Kier molecular flexibility index (Phi) is 4.06. The molecule has 0 radical (unpaired) electrons. The van der Waals surface area contributed by atoms with Gasteiger partial charge in [-0.25, -0.2) is 4.98 Å². The van der Waals surface area contributed by atoms with Crippen molar-refractivity contribution in [1.29, 1.82) is 0 Å². The summed E-state index contributed by atoms with van der Waals surface area (Å²) in [5, 5.41) is 5.55. The number of piperidine rings is 1. The molecule has 1 aliphatic heterocycles. The van der Waals surface area contributed by atoms with E-state index in [-0.39, 0.29) is 0 Å². The number of aromatic nitrogens is 2. The second-order valence-electron chi connectivity index (χ2n) is 6.35. The first-order chi connectivity index (χ1) is 11.3. The third kappa shape index (κ3) is 3.12. The van der Waals surface area contributed by atoms with Crippen molar-refractivity contribution in [2.75, 3.05) is 25.5 Å². The summed E-state index contributed by atoms with van der Waals surface area (Å²) >= 11 is 1.77. The molecule has 0 aromatic carbocycles. The maximum atomic E-state index is 4.88. The first-order valence-electron chi connectivity index (χ1n) is 8.22. The Labute approximate surface area is 140 Å². The van der Waals surface area contributed by atoms with Crippen LogP contribution in [0.1, 0.15) is 29.2 Å². The molecule has 1 aliphatic rings. The Morgan fingerprint density at radius 2 is 2.17 bits per heavy atom. The first-order valence-corrected chi connectivity index (χ1v) is 9.10. The van der Waals surface area contributed by atoms with Crippen LogP contribution in [-0.2, 0) is 6.54 Å². The Bertz CT molecular complexity index is 770. The summed E-state index contributed by atoms with van der Waals surface area (Å²) in [6, 6.07) is 8.43. The number of rotatable bonds is 4. The molecule has 3 aromatic rings. The van der Waals surface area contributed by atoms with Gasteiger partial charge in [-0.3, -0.25) is 0 Å². The zero-order chi connectivity index (χ0) is 15.6. The molecule has 0 bridgehead atoms. The highest BCUT2D eigenvalue weighted by Crippen LogP contribution is 2.32. The van der Waals surface area contributed by atoms with E-state index in [1.54, 1.807) is 11.3 Å². The molecule has 3 aromatic heterocycles. The molecule has 2 N–H and O–H groups in total. The Morgan fingerprint density at radius 1 is 1.30 bits per heavy atom. The Morgan fingerprint density at radius 3 is 2.96 bits per heavy atom. The third-order valence-corrected chi connectivity index (χ3v) is 5.61.